The van der Waals surface area contributed by atoms with Crippen molar-refractivity contribution >= 4 is 5.97 Å². The molecule has 0 spiro atoms. The number of esters is 1. The molecule has 1 atom stereocenters. The number of rotatable bonds is 6. The number of nitrogens with zero attached hydrogens (tertiary/aromatic N) is 1. The highest BCUT2D eigenvalue weighted by Crippen LogP contribution is 2.19. The first-order valence-electron chi connectivity index (χ1n) is 4.34. The van der Waals surface area contributed by atoms with Crippen LogP contribution in [0.25, 0.3) is 0 Å². The van der Waals surface area contributed by atoms with E-state index in [2.05, 4.69) is 23.6 Å². The zero-order valence-electron chi connectivity index (χ0n) is 8.56. The highest BCUT2D eigenvalue weighted by molar-refractivity contribution is 5.82. The van der Waals surface area contributed by atoms with Gasteiger partial charge in [-0.15, -0.1) is 12.3 Å². The predicted octanol–water partition coefficient (Wildman–Crippen LogP) is 1.48. The third kappa shape index (κ3) is 2.79. The molecule has 0 rings (SSSR count). The van der Waals surface area contributed by atoms with Crippen LogP contribution < -0.4 is 0 Å². The van der Waals surface area contributed by atoms with Crippen LogP contribution in [0.5, 0.6) is 0 Å². The summed E-state index contributed by atoms with van der Waals surface area (Å²) in [7, 11) is 0. The lowest BCUT2D eigenvalue weighted by atomic mass is 9.96. The number of hydrogen-bond acceptors (Lipinski definition) is 4. The zero-order valence-corrected chi connectivity index (χ0v) is 8.56. The molecule has 1 unspecified atom stereocenters. The second-order valence-electron chi connectivity index (χ2n) is 2.74. The zero-order chi connectivity index (χ0) is 11.9. The maximum absolute atomic E-state index is 11.5. The van der Waals surface area contributed by atoms with Gasteiger partial charge < -0.3 is 4.74 Å². The van der Waals surface area contributed by atoms with Crippen LogP contribution in [0.2, 0.25) is 0 Å². The van der Waals surface area contributed by atoms with Crippen LogP contribution in [-0.2, 0) is 9.53 Å². The topological polar surface area (TPSA) is 69.4 Å². The van der Waals surface area contributed by atoms with E-state index in [1.165, 1.54) is 6.08 Å². The summed E-state index contributed by atoms with van der Waals surface area (Å²) >= 11 is 0. The van der Waals surface area contributed by atoms with Crippen LogP contribution >= 0.6 is 0 Å². The van der Waals surface area contributed by atoms with Gasteiger partial charge in [0.1, 0.15) is 0 Å². The first kappa shape index (κ1) is 13.1. The second kappa shape index (κ2) is 5.78. The summed E-state index contributed by atoms with van der Waals surface area (Å²) in [6.07, 6.45) is 2.13. The number of carbonyl (C=O) groups is 1. The Morgan fingerprint density at radius 1 is 1.73 bits per heavy atom. The lowest BCUT2D eigenvalue weighted by molar-refractivity contribution is -0.540. The molecule has 0 saturated heterocycles. The third-order valence-corrected chi connectivity index (χ3v) is 1.75. The van der Waals surface area contributed by atoms with Crippen molar-refractivity contribution in [3.63, 3.8) is 0 Å². The van der Waals surface area contributed by atoms with Crippen LogP contribution in [0, 0.1) is 10.1 Å². The summed E-state index contributed by atoms with van der Waals surface area (Å²) in [6, 6.07) is 0. The monoisotopic (exact) mass is 211 g/mol. The fourth-order valence-electron chi connectivity index (χ4n) is 1.05. The normalized spacial score (nSPS) is 13.1. The van der Waals surface area contributed by atoms with E-state index in [9.17, 15) is 14.9 Å². The van der Waals surface area contributed by atoms with Gasteiger partial charge in [-0.3, -0.25) is 10.1 Å². The number of carbonyl (C=O) groups excluding carboxylic acids is 1. The van der Waals surface area contributed by atoms with Gasteiger partial charge in [0.05, 0.1) is 13.0 Å². The first-order chi connectivity index (χ1) is 7.05. The molecule has 5 nitrogen and oxygen atoms in total. The van der Waals surface area contributed by atoms with Crippen molar-refractivity contribution in [1.29, 1.82) is 0 Å². The van der Waals surface area contributed by atoms with E-state index in [-0.39, 0.29) is 13.0 Å². The molecule has 0 aromatic heterocycles. The maximum Gasteiger partial charge on any atom is 0.390 e. The van der Waals surface area contributed by atoms with E-state index in [0.29, 0.717) is 0 Å². The Kier molecular flexibility index (Phi) is 5.06. The van der Waals surface area contributed by atoms with E-state index in [4.69, 9.17) is 0 Å². The average molecular weight is 211 g/mol. The van der Waals surface area contributed by atoms with Crippen molar-refractivity contribution in [2.24, 2.45) is 0 Å². The van der Waals surface area contributed by atoms with Crippen molar-refractivity contribution in [2.75, 3.05) is 6.61 Å². The second-order valence-corrected chi connectivity index (χ2v) is 2.74. The summed E-state index contributed by atoms with van der Waals surface area (Å²) < 4.78 is 4.65. The van der Waals surface area contributed by atoms with Crippen molar-refractivity contribution in [1.82, 2.24) is 0 Å². The molecule has 0 aliphatic heterocycles. The summed E-state index contributed by atoms with van der Waals surface area (Å²) in [4.78, 5) is 21.6. The highest BCUT2D eigenvalue weighted by atomic mass is 16.6. The molecule has 82 valence electrons. The molecule has 0 amide bonds. The van der Waals surface area contributed by atoms with Crippen LogP contribution in [0.3, 0.4) is 0 Å². The number of nitro groups is 1. The number of hydrogen-bond donors (Lipinski definition) is 0. The van der Waals surface area contributed by atoms with Crippen molar-refractivity contribution in [3.8, 4) is 0 Å². The smallest absolute Gasteiger partial charge is 0.390 e. The Bertz CT molecular complexity index is 313. The minimum absolute atomic E-state index is 0.0799. The molecule has 0 saturated carbocycles. The SMILES string of the molecule is C=C=CC(CC=C)(C(=O)OCC)[N+](=O)[O-]. The van der Waals surface area contributed by atoms with Gasteiger partial charge in [0, 0.05) is 11.0 Å². The highest BCUT2D eigenvalue weighted by Gasteiger charge is 2.49. The molecule has 0 fully saturated rings. The minimum atomic E-state index is -1.94. The van der Waals surface area contributed by atoms with Crippen molar-refractivity contribution < 1.29 is 14.5 Å². The van der Waals surface area contributed by atoms with E-state index >= 15 is 0 Å². The van der Waals surface area contributed by atoms with Gasteiger partial charge in [0.2, 0.25) is 0 Å². The number of ether oxygens (including phenoxy) is 1. The lowest BCUT2D eigenvalue weighted by Crippen LogP contribution is -2.45. The van der Waals surface area contributed by atoms with Crippen LogP contribution in [0.15, 0.2) is 31.0 Å². The van der Waals surface area contributed by atoms with Crippen molar-refractivity contribution in [2.45, 2.75) is 18.9 Å². The van der Waals surface area contributed by atoms with Gasteiger partial charge >= 0.3 is 11.5 Å². The van der Waals surface area contributed by atoms with Gasteiger partial charge in [0.15, 0.2) is 0 Å². The summed E-state index contributed by atoms with van der Waals surface area (Å²) in [6.45, 7) is 8.26. The molecule has 0 aromatic carbocycles. The van der Waals surface area contributed by atoms with Crippen molar-refractivity contribution in [3.05, 3.63) is 41.2 Å². The molecular formula is C10H13NO4. The van der Waals surface area contributed by atoms with Crippen LogP contribution in [0.4, 0.5) is 0 Å². The first-order valence-corrected chi connectivity index (χ1v) is 4.34. The Morgan fingerprint density at radius 2 is 2.33 bits per heavy atom. The van der Waals surface area contributed by atoms with Crippen LogP contribution in [0.1, 0.15) is 13.3 Å². The van der Waals surface area contributed by atoms with E-state index in [1.54, 1.807) is 6.92 Å². The fourth-order valence-corrected chi connectivity index (χ4v) is 1.05. The molecule has 5 heteroatoms. The predicted molar refractivity (Wildman–Crippen MR) is 54.9 cm³/mol. The summed E-state index contributed by atoms with van der Waals surface area (Å²) in [5.74, 6) is -0.925. The van der Waals surface area contributed by atoms with Gasteiger partial charge in [-0.25, -0.2) is 4.79 Å². The van der Waals surface area contributed by atoms with Crippen LogP contribution in [-0.4, -0.2) is 23.0 Å². The van der Waals surface area contributed by atoms with Gasteiger partial charge in [-0.1, -0.05) is 12.7 Å². The Balaban J connectivity index is 5.28. The van der Waals surface area contributed by atoms with Gasteiger partial charge in [-0.05, 0) is 6.92 Å². The molecule has 0 N–H and O–H groups in total. The standard InChI is InChI=1S/C10H13NO4/c1-4-7-10(8-5-2,11(13)14)9(12)15-6-3/h4,8H,1-2,6-7H2,3H3. The molecule has 0 aliphatic carbocycles. The Labute approximate surface area is 87.9 Å². The van der Waals surface area contributed by atoms with Gasteiger partial charge in [0.25, 0.3) is 0 Å². The largest absolute Gasteiger partial charge is 0.460 e. The van der Waals surface area contributed by atoms with E-state index in [0.717, 1.165) is 6.08 Å². The fraction of sp³-hybridized carbons (Fsp3) is 0.400. The summed E-state index contributed by atoms with van der Waals surface area (Å²) in [5, 5.41) is 10.9. The molecule has 0 bridgehead atoms. The molecule has 15 heavy (non-hydrogen) atoms. The van der Waals surface area contributed by atoms with E-state index < -0.39 is 16.4 Å². The maximum atomic E-state index is 11.5. The average Bonchev–Trinajstić information content (AvgIpc) is 2.17. The van der Waals surface area contributed by atoms with E-state index in [1.807, 2.05) is 0 Å². The molecule has 0 aromatic rings. The summed E-state index contributed by atoms with van der Waals surface area (Å²) in [5.41, 5.74) is 0.304. The molecule has 0 heterocycles. The van der Waals surface area contributed by atoms with Gasteiger partial charge in [-0.2, -0.15) is 0 Å². The molecular weight excluding hydrogens is 198 g/mol. The minimum Gasteiger partial charge on any atom is -0.460 e. The third-order valence-electron chi connectivity index (χ3n) is 1.75. The lowest BCUT2D eigenvalue weighted by Gasteiger charge is -2.17. The molecule has 0 radical (unpaired) electrons. The quantitative estimate of drug-likeness (QED) is 0.219. The Hall–Kier alpha value is -1.87. The Morgan fingerprint density at radius 3 is 2.67 bits per heavy atom. The molecule has 0 aliphatic rings.